The molecule has 2 aliphatic rings. The van der Waals surface area contributed by atoms with Crippen LogP contribution in [-0.2, 0) is 19.0 Å². The van der Waals surface area contributed by atoms with Crippen LogP contribution in [0.4, 0.5) is 0 Å². The fraction of sp³-hybridized carbons (Fsp3) is 0.786. The number of hydrogen-bond acceptors (Lipinski definition) is 4. The van der Waals surface area contributed by atoms with E-state index in [0.29, 0.717) is 6.61 Å². The van der Waals surface area contributed by atoms with Crippen LogP contribution in [0.25, 0.3) is 0 Å². The number of carbonyl (C=O) groups is 1. The molecule has 1 unspecified atom stereocenters. The molecule has 5 heteroatoms. The van der Waals surface area contributed by atoms with Crippen LogP contribution in [-0.4, -0.2) is 41.3 Å². The Hall–Kier alpha value is -0.910. The Balaban J connectivity index is 2.10. The van der Waals surface area contributed by atoms with E-state index in [4.69, 9.17) is 19.3 Å². The van der Waals surface area contributed by atoms with E-state index < -0.39 is 11.8 Å². The van der Waals surface area contributed by atoms with Crippen molar-refractivity contribution in [3.63, 3.8) is 0 Å². The third kappa shape index (κ3) is 3.55. The van der Waals surface area contributed by atoms with E-state index in [-0.39, 0.29) is 23.7 Å². The summed E-state index contributed by atoms with van der Waals surface area (Å²) in [4.78, 5) is 10.7. The Morgan fingerprint density at radius 1 is 1.26 bits per heavy atom. The van der Waals surface area contributed by atoms with Crippen LogP contribution in [0, 0.1) is 5.92 Å². The van der Waals surface area contributed by atoms with Gasteiger partial charge in [-0.3, -0.25) is 0 Å². The highest BCUT2D eigenvalue weighted by molar-refractivity contribution is 5.79. The van der Waals surface area contributed by atoms with Gasteiger partial charge in [0, 0.05) is 12.0 Å². The summed E-state index contributed by atoms with van der Waals surface area (Å²) in [5, 5.41) is 8.76. The molecule has 0 bridgehead atoms. The van der Waals surface area contributed by atoms with Gasteiger partial charge in [-0.15, -0.1) is 0 Å². The molecule has 0 radical (unpaired) electrons. The lowest BCUT2D eigenvalue weighted by atomic mass is 9.91. The fourth-order valence-corrected chi connectivity index (χ4v) is 2.80. The Labute approximate surface area is 113 Å². The highest BCUT2D eigenvalue weighted by atomic mass is 16.7. The number of hydrogen-bond donors (Lipinski definition) is 1. The maximum atomic E-state index is 10.7. The van der Waals surface area contributed by atoms with Crippen molar-refractivity contribution in [2.45, 2.75) is 57.7 Å². The maximum absolute atomic E-state index is 10.7. The first-order valence-electron chi connectivity index (χ1n) is 6.59. The standard InChI is InChI=1S/C14H22O5/c1-13(2)7-9(5-6-11(15)16)12(19-13)10-8-17-14(3,4)18-10/h5-6,9-10,12H,7-8H2,1-4H3,(H,15,16)/b6-5+/t9-,10?,12-/m1/s1. The summed E-state index contributed by atoms with van der Waals surface area (Å²) in [7, 11) is 0. The summed E-state index contributed by atoms with van der Waals surface area (Å²) in [6.45, 7) is 8.24. The van der Waals surface area contributed by atoms with Crippen LogP contribution >= 0.6 is 0 Å². The number of carboxylic acids is 1. The molecule has 2 aliphatic heterocycles. The highest BCUT2D eigenvalue weighted by Gasteiger charge is 2.47. The van der Waals surface area contributed by atoms with Gasteiger partial charge < -0.3 is 19.3 Å². The third-order valence-electron chi connectivity index (χ3n) is 3.49. The molecule has 0 aliphatic carbocycles. The van der Waals surface area contributed by atoms with E-state index in [9.17, 15) is 4.79 Å². The molecule has 2 saturated heterocycles. The van der Waals surface area contributed by atoms with Crippen molar-refractivity contribution in [1.82, 2.24) is 0 Å². The summed E-state index contributed by atoms with van der Waals surface area (Å²) in [6, 6.07) is 0. The summed E-state index contributed by atoms with van der Waals surface area (Å²) < 4.78 is 17.4. The van der Waals surface area contributed by atoms with Gasteiger partial charge >= 0.3 is 5.97 Å². The topological polar surface area (TPSA) is 65.0 Å². The normalized spacial score (nSPS) is 36.9. The van der Waals surface area contributed by atoms with Gasteiger partial charge in [-0.1, -0.05) is 6.08 Å². The van der Waals surface area contributed by atoms with Gasteiger partial charge in [-0.2, -0.15) is 0 Å². The van der Waals surface area contributed by atoms with E-state index in [1.54, 1.807) is 6.08 Å². The van der Waals surface area contributed by atoms with Crippen molar-refractivity contribution in [2.75, 3.05) is 6.61 Å². The van der Waals surface area contributed by atoms with Crippen LogP contribution in [0.3, 0.4) is 0 Å². The van der Waals surface area contributed by atoms with E-state index in [0.717, 1.165) is 6.42 Å². The molecule has 2 fully saturated rings. The van der Waals surface area contributed by atoms with Crippen molar-refractivity contribution in [1.29, 1.82) is 0 Å². The Morgan fingerprint density at radius 3 is 2.47 bits per heavy atom. The predicted molar refractivity (Wildman–Crippen MR) is 68.7 cm³/mol. The van der Waals surface area contributed by atoms with Crippen LogP contribution in [0.5, 0.6) is 0 Å². The Bertz CT molecular complexity index is 385. The van der Waals surface area contributed by atoms with Crippen LogP contribution < -0.4 is 0 Å². The van der Waals surface area contributed by atoms with Gasteiger partial charge in [0.05, 0.1) is 18.3 Å². The summed E-state index contributed by atoms with van der Waals surface area (Å²) >= 11 is 0. The summed E-state index contributed by atoms with van der Waals surface area (Å²) in [5.41, 5.74) is -0.270. The molecule has 3 atom stereocenters. The second-order valence-electron chi connectivity index (χ2n) is 6.27. The van der Waals surface area contributed by atoms with Crippen molar-refractivity contribution in [3.8, 4) is 0 Å². The van der Waals surface area contributed by atoms with Gasteiger partial charge in [0.25, 0.3) is 0 Å². The SMILES string of the molecule is CC1(C)C[C@@H](/C=C/C(=O)O)[C@H](C2COC(C)(C)O2)O1. The van der Waals surface area contributed by atoms with E-state index >= 15 is 0 Å². The lowest BCUT2D eigenvalue weighted by Crippen LogP contribution is -2.35. The second-order valence-corrected chi connectivity index (χ2v) is 6.27. The first-order chi connectivity index (χ1) is 8.69. The minimum absolute atomic E-state index is 0.0357. The van der Waals surface area contributed by atoms with Crippen LogP contribution in [0.1, 0.15) is 34.1 Å². The van der Waals surface area contributed by atoms with Crippen molar-refractivity contribution < 1.29 is 24.1 Å². The monoisotopic (exact) mass is 270 g/mol. The number of aliphatic carboxylic acids is 1. The molecule has 5 nitrogen and oxygen atoms in total. The molecule has 1 N–H and O–H groups in total. The van der Waals surface area contributed by atoms with Gasteiger partial charge in [0.2, 0.25) is 0 Å². The van der Waals surface area contributed by atoms with Gasteiger partial charge in [0.15, 0.2) is 5.79 Å². The molecule has 2 rings (SSSR count). The maximum Gasteiger partial charge on any atom is 0.327 e. The predicted octanol–water partition coefficient (Wildman–Crippen LogP) is 1.96. The molecule has 0 spiro atoms. The first-order valence-corrected chi connectivity index (χ1v) is 6.59. The lowest BCUT2D eigenvalue weighted by Gasteiger charge is -2.25. The molecule has 0 amide bonds. The molecule has 0 saturated carbocycles. The van der Waals surface area contributed by atoms with E-state index in [1.165, 1.54) is 6.08 Å². The van der Waals surface area contributed by atoms with Crippen LogP contribution in [0.15, 0.2) is 12.2 Å². The molecule has 0 aromatic heterocycles. The minimum Gasteiger partial charge on any atom is -0.478 e. The van der Waals surface area contributed by atoms with Crippen molar-refractivity contribution in [2.24, 2.45) is 5.92 Å². The largest absolute Gasteiger partial charge is 0.478 e. The zero-order valence-electron chi connectivity index (χ0n) is 11.9. The average Bonchev–Trinajstić information content (AvgIpc) is 2.75. The van der Waals surface area contributed by atoms with Crippen molar-refractivity contribution >= 4 is 5.97 Å². The quantitative estimate of drug-likeness (QED) is 0.794. The zero-order valence-corrected chi connectivity index (χ0v) is 11.9. The molecule has 108 valence electrons. The summed E-state index contributed by atoms with van der Waals surface area (Å²) in [5.74, 6) is -1.50. The Morgan fingerprint density at radius 2 is 1.95 bits per heavy atom. The van der Waals surface area contributed by atoms with Crippen LogP contribution in [0.2, 0.25) is 0 Å². The number of ether oxygens (including phenoxy) is 3. The number of carboxylic acid groups (broad SMARTS) is 1. The lowest BCUT2D eigenvalue weighted by molar-refractivity contribution is -0.161. The number of rotatable bonds is 3. The summed E-state index contributed by atoms with van der Waals surface area (Å²) in [6.07, 6.45) is 3.36. The van der Waals surface area contributed by atoms with Gasteiger partial charge in [-0.25, -0.2) is 4.79 Å². The first kappa shape index (κ1) is 14.5. The average molecular weight is 270 g/mol. The Kier molecular flexibility index (Phi) is 3.73. The zero-order chi connectivity index (χ0) is 14.3. The van der Waals surface area contributed by atoms with Gasteiger partial charge in [0.1, 0.15) is 6.10 Å². The molecular weight excluding hydrogens is 248 g/mol. The molecular formula is C14H22O5. The third-order valence-corrected chi connectivity index (χ3v) is 3.49. The fourth-order valence-electron chi connectivity index (χ4n) is 2.80. The highest BCUT2D eigenvalue weighted by Crippen LogP contribution is 2.40. The van der Waals surface area contributed by atoms with Gasteiger partial charge in [-0.05, 0) is 34.1 Å². The van der Waals surface area contributed by atoms with E-state index in [1.807, 2.05) is 27.7 Å². The molecule has 0 aromatic carbocycles. The van der Waals surface area contributed by atoms with E-state index in [2.05, 4.69) is 0 Å². The van der Waals surface area contributed by atoms with Crippen molar-refractivity contribution in [3.05, 3.63) is 12.2 Å². The molecule has 0 aromatic rings. The molecule has 2 heterocycles. The second kappa shape index (κ2) is 4.89. The molecule has 19 heavy (non-hydrogen) atoms. The minimum atomic E-state index is -0.938. The smallest absolute Gasteiger partial charge is 0.327 e.